The minimum absolute atomic E-state index is 0.200. The van der Waals surface area contributed by atoms with Crippen LogP contribution in [0, 0.1) is 12.8 Å². The molecule has 138 valence electrons. The highest BCUT2D eigenvalue weighted by Crippen LogP contribution is 2.12. The van der Waals surface area contributed by atoms with Gasteiger partial charge in [-0.2, -0.15) is 0 Å². The molecule has 6 nitrogen and oxygen atoms in total. The number of amides is 1. The first-order valence-corrected chi connectivity index (χ1v) is 9.23. The molecule has 6 heteroatoms. The summed E-state index contributed by atoms with van der Waals surface area (Å²) in [6, 6.07) is 5.70. The highest BCUT2D eigenvalue weighted by molar-refractivity contribution is 5.95. The first-order chi connectivity index (χ1) is 12.6. The zero-order valence-corrected chi connectivity index (χ0v) is 15.2. The third-order valence-electron chi connectivity index (χ3n) is 4.88. The van der Waals surface area contributed by atoms with Gasteiger partial charge < -0.3 is 15.2 Å². The highest BCUT2D eigenvalue weighted by atomic mass is 16.2. The van der Waals surface area contributed by atoms with E-state index in [4.69, 9.17) is 0 Å². The Morgan fingerprint density at radius 2 is 2.31 bits per heavy atom. The molecule has 2 aromatic heterocycles. The predicted octanol–water partition coefficient (Wildman–Crippen LogP) is 1.52. The Labute approximate surface area is 153 Å². The first kappa shape index (κ1) is 18.3. The van der Waals surface area contributed by atoms with Crippen molar-refractivity contribution in [2.24, 2.45) is 5.92 Å². The van der Waals surface area contributed by atoms with Crippen LogP contribution in [0.15, 0.2) is 41.6 Å². The molecule has 26 heavy (non-hydrogen) atoms. The number of nitrogens with zero attached hydrogens (tertiary/aromatic N) is 2. The average Bonchev–Trinajstić information content (AvgIpc) is 2.66. The van der Waals surface area contributed by atoms with Gasteiger partial charge in [-0.25, -0.2) is 0 Å². The number of aromatic nitrogens is 2. The summed E-state index contributed by atoms with van der Waals surface area (Å²) >= 11 is 0. The fourth-order valence-corrected chi connectivity index (χ4v) is 3.40. The number of piperidine rings is 1. The largest absolute Gasteiger partial charge is 0.352 e. The summed E-state index contributed by atoms with van der Waals surface area (Å²) in [7, 11) is 0. The van der Waals surface area contributed by atoms with Crippen LogP contribution in [0.3, 0.4) is 0 Å². The second-order valence-corrected chi connectivity index (χ2v) is 6.91. The second kappa shape index (κ2) is 8.76. The van der Waals surface area contributed by atoms with Crippen LogP contribution in [0.4, 0.5) is 0 Å². The Balaban J connectivity index is 1.66. The molecule has 3 rings (SSSR count). The molecule has 2 N–H and O–H groups in total. The van der Waals surface area contributed by atoms with Gasteiger partial charge in [0.25, 0.3) is 11.5 Å². The van der Waals surface area contributed by atoms with Gasteiger partial charge in [0.15, 0.2) is 0 Å². The van der Waals surface area contributed by atoms with E-state index < -0.39 is 0 Å². The van der Waals surface area contributed by atoms with E-state index in [2.05, 4.69) is 15.6 Å². The smallest absolute Gasteiger partial charge is 0.263 e. The van der Waals surface area contributed by atoms with E-state index >= 15 is 0 Å². The second-order valence-electron chi connectivity index (χ2n) is 6.91. The molecule has 1 aliphatic rings. The molecular weight excluding hydrogens is 328 g/mol. The molecule has 0 spiro atoms. The lowest BCUT2D eigenvalue weighted by atomic mass is 9.99. The van der Waals surface area contributed by atoms with Crippen molar-refractivity contribution in [1.29, 1.82) is 0 Å². The predicted molar refractivity (Wildman–Crippen MR) is 101 cm³/mol. The Kier molecular flexibility index (Phi) is 6.17. The van der Waals surface area contributed by atoms with Crippen LogP contribution >= 0.6 is 0 Å². The lowest BCUT2D eigenvalue weighted by molar-refractivity contribution is 0.0951. The van der Waals surface area contributed by atoms with Gasteiger partial charge in [0.05, 0.1) is 0 Å². The summed E-state index contributed by atoms with van der Waals surface area (Å²) in [5.41, 5.74) is 1.82. The Morgan fingerprint density at radius 1 is 1.42 bits per heavy atom. The molecular formula is C20H26N4O2. The molecule has 0 bridgehead atoms. The maximum absolute atomic E-state index is 12.8. The molecule has 1 unspecified atom stereocenters. The van der Waals surface area contributed by atoms with Gasteiger partial charge in [-0.05, 0) is 68.5 Å². The van der Waals surface area contributed by atoms with Gasteiger partial charge in [-0.3, -0.25) is 14.6 Å². The van der Waals surface area contributed by atoms with Gasteiger partial charge in [0.2, 0.25) is 0 Å². The van der Waals surface area contributed by atoms with E-state index in [0.29, 0.717) is 31.0 Å². The molecule has 2 aromatic rings. The summed E-state index contributed by atoms with van der Waals surface area (Å²) in [6.45, 7) is 4.91. The molecule has 0 aliphatic carbocycles. The van der Waals surface area contributed by atoms with Crippen molar-refractivity contribution in [3.05, 3.63) is 63.8 Å². The first-order valence-electron chi connectivity index (χ1n) is 9.23. The summed E-state index contributed by atoms with van der Waals surface area (Å²) in [4.78, 5) is 29.4. The summed E-state index contributed by atoms with van der Waals surface area (Å²) in [5, 5.41) is 6.23. The normalized spacial score (nSPS) is 17.0. The molecule has 3 heterocycles. The van der Waals surface area contributed by atoms with E-state index in [-0.39, 0.29) is 17.0 Å². The van der Waals surface area contributed by atoms with Gasteiger partial charge in [-0.1, -0.05) is 6.07 Å². The van der Waals surface area contributed by atoms with E-state index in [9.17, 15) is 9.59 Å². The monoisotopic (exact) mass is 354 g/mol. The number of hydrogen-bond donors (Lipinski definition) is 2. The van der Waals surface area contributed by atoms with Crippen molar-refractivity contribution in [1.82, 2.24) is 20.2 Å². The minimum Gasteiger partial charge on any atom is -0.352 e. The molecule has 1 atom stereocenters. The number of hydrogen-bond acceptors (Lipinski definition) is 4. The fourth-order valence-electron chi connectivity index (χ4n) is 3.40. The molecule has 0 radical (unpaired) electrons. The number of carbonyl (C=O) groups is 1. The van der Waals surface area contributed by atoms with E-state index in [1.807, 2.05) is 25.1 Å². The zero-order valence-electron chi connectivity index (χ0n) is 15.2. The van der Waals surface area contributed by atoms with Crippen molar-refractivity contribution in [3.63, 3.8) is 0 Å². The lowest BCUT2D eigenvalue weighted by Gasteiger charge is -2.23. The Morgan fingerprint density at radius 3 is 3.04 bits per heavy atom. The summed E-state index contributed by atoms with van der Waals surface area (Å²) in [6.07, 6.45) is 8.24. The van der Waals surface area contributed by atoms with Crippen LogP contribution in [0.1, 0.15) is 34.3 Å². The average molecular weight is 354 g/mol. The van der Waals surface area contributed by atoms with E-state index in [1.54, 1.807) is 23.2 Å². The molecule has 0 aromatic carbocycles. The third kappa shape index (κ3) is 4.58. The van der Waals surface area contributed by atoms with Crippen LogP contribution in [0.25, 0.3) is 0 Å². The van der Waals surface area contributed by atoms with Crippen molar-refractivity contribution in [2.75, 3.05) is 19.6 Å². The molecule has 0 saturated carbocycles. The van der Waals surface area contributed by atoms with Crippen molar-refractivity contribution >= 4 is 5.91 Å². The topological polar surface area (TPSA) is 76.0 Å². The lowest BCUT2D eigenvalue weighted by Crippen LogP contribution is -2.38. The van der Waals surface area contributed by atoms with Gasteiger partial charge in [-0.15, -0.1) is 0 Å². The van der Waals surface area contributed by atoms with Gasteiger partial charge in [0.1, 0.15) is 5.56 Å². The van der Waals surface area contributed by atoms with E-state index in [1.165, 1.54) is 0 Å². The van der Waals surface area contributed by atoms with Crippen LogP contribution in [-0.4, -0.2) is 35.1 Å². The van der Waals surface area contributed by atoms with Crippen molar-refractivity contribution in [2.45, 2.75) is 32.7 Å². The minimum atomic E-state index is -0.299. The van der Waals surface area contributed by atoms with Crippen LogP contribution in [-0.2, 0) is 13.0 Å². The van der Waals surface area contributed by atoms with Crippen LogP contribution in [0.5, 0.6) is 0 Å². The molecule has 1 aliphatic heterocycles. The number of carbonyl (C=O) groups excluding carboxylic acids is 1. The molecule has 1 saturated heterocycles. The number of rotatable bonds is 6. The fraction of sp³-hybridized carbons (Fsp3) is 0.450. The maximum Gasteiger partial charge on any atom is 0.263 e. The Hall–Kier alpha value is -2.47. The Bertz CT molecular complexity index is 795. The third-order valence-corrected chi connectivity index (χ3v) is 4.88. The number of nitrogens with one attached hydrogen (secondary N) is 2. The standard InChI is InChI=1S/C20H26N4O2/c1-15-7-11-24(14-17-5-3-9-22-13-17)20(26)18(15)19(25)23-10-6-16-4-2-8-21-12-16/h2,4,7-8,11-12,17,22H,3,5-6,9-10,13-14H2,1H3,(H,23,25). The van der Waals surface area contributed by atoms with Gasteiger partial charge in [0, 0.05) is 31.7 Å². The van der Waals surface area contributed by atoms with Gasteiger partial charge >= 0.3 is 0 Å². The summed E-state index contributed by atoms with van der Waals surface area (Å²) < 4.78 is 1.68. The van der Waals surface area contributed by atoms with Crippen LogP contribution < -0.4 is 16.2 Å². The number of aryl methyl sites for hydroxylation is 1. The highest BCUT2D eigenvalue weighted by Gasteiger charge is 2.18. The molecule has 1 fully saturated rings. The van der Waals surface area contributed by atoms with Crippen molar-refractivity contribution < 1.29 is 4.79 Å². The zero-order chi connectivity index (χ0) is 18.4. The van der Waals surface area contributed by atoms with Crippen LogP contribution in [0.2, 0.25) is 0 Å². The van der Waals surface area contributed by atoms with E-state index in [0.717, 1.165) is 31.5 Å². The number of pyridine rings is 2. The molecule has 1 amide bonds. The van der Waals surface area contributed by atoms with Crippen molar-refractivity contribution in [3.8, 4) is 0 Å². The summed E-state index contributed by atoms with van der Waals surface area (Å²) in [5.74, 6) is 0.137. The maximum atomic E-state index is 12.8. The quantitative estimate of drug-likeness (QED) is 0.825. The SMILES string of the molecule is Cc1ccn(CC2CCCNC2)c(=O)c1C(=O)NCCc1cccnc1.